The normalized spacial score (nSPS) is 13.8. The highest BCUT2D eigenvalue weighted by Crippen LogP contribution is 2.14. The largest absolute Gasteiger partial charge is 0.390 e. The Balaban J connectivity index is 2.41. The van der Waals surface area contributed by atoms with Gasteiger partial charge in [0.1, 0.15) is 0 Å². The Morgan fingerprint density at radius 2 is 1.81 bits per heavy atom. The predicted octanol–water partition coefficient (Wildman–Crippen LogP) is 2.81. The Morgan fingerprint density at radius 1 is 1.25 bits per heavy atom. The van der Waals surface area contributed by atoms with E-state index in [9.17, 15) is 5.11 Å². The van der Waals surface area contributed by atoms with Crippen LogP contribution in [-0.2, 0) is 0 Å². The lowest BCUT2D eigenvalue weighted by Crippen LogP contribution is -2.28. The second-order valence-electron chi connectivity index (χ2n) is 5.15. The van der Waals surface area contributed by atoms with E-state index in [4.69, 9.17) is 0 Å². The average molecular weight is 221 g/mol. The zero-order valence-electron chi connectivity index (χ0n) is 10.7. The van der Waals surface area contributed by atoms with Crippen molar-refractivity contribution in [3.8, 4) is 0 Å². The molecular formula is C14H23NO. The van der Waals surface area contributed by atoms with Crippen LogP contribution in [0.5, 0.6) is 0 Å². The molecule has 0 saturated heterocycles. The molecule has 1 atom stereocenters. The molecule has 0 bridgehead atoms. The number of rotatable bonds is 5. The average Bonchev–Trinajstić information content (AvgIpc) is 2.16. The molecule has 0 radical (unpaired) electrons. The van der Waals surface area contributed by atoms with Gasteiger partial charge in [-0.1, -0.05) is 29.8 Å². The number of aliphatic hydroxyl groups is 1. The summed E-state index contributed by atoms with van der Waals surface area (Å²) in [5, 5.41) is 13.0. The topological polar surface area (TPSA) is 32.3 Å². The third-order valence-corrected chi connectivity index (χ3v) is 2.76. The van der Waals surface area contributed by atoms with Crippen molar-refractivity contribution in [2.45, 2.75) is 45.8 Å². The molecule has 16 heavy (non-hydrogen) atoms. The van der Waals surface area contributed by atoms with E-state index >= 15 is 0 Å². The van der Waals surface area contributed by atoms with Gasteiger partial charge in [-0.25, -0.2) is 0 Å². The van der Waals surface area contributed by atoms with Crippen LogP contribution in [0.3, 0.4) is 0 Å². The smallest absolute Gasteiger partial charge is 0.0603 e. The van der Waals surface area contributed by atoms with Crippen LogP contribution in [0, 0.1) is 6.92 Å². The van der Waals surface area contributed by atoms with Crippen LogP contribution in [-0.4, -0.2) is 17.3 Å². The molecule has 1 rings (SSSR count). The molecule has 1 aromatic rings. The van der Waals surface area contributed by atoms with Crippen molar-refractivity contribution in [3.05, 3.63) is 35.4 Å². The molecular weight excluding hydrogens is 198 g/mol. The fourth-order valence-electron chi connectivity index (χ4n) is 1.57. The number of aryl methyl sites for hydroxylation is 1. The van der Waals surface area contributed by atoms with Gasteiger partial charge in [-0.3, -0.25) is 0 Å². The zero-order chi connectivity index (χ0) is 12.2. The van der Waals surface area contributed by atoms with Crippen LogP contribution < -0.4 is 5.32 Å². The number of hydrogen-bond donors (Lipinski definition) is 2. The molecule has 2 N–H and O–H groups in total. The predicted molar refractivity (Wildman–Crippen MR) is 68.5 cm³/mol. The van der Waals surface area contributed by atoms with E-state index in [0.717, 1.165) is 13.0 Å². The number of benzene rings is 1. The van der Waals surface area contributed by atoms with Gasteiger partial charge in [0, 0.05) is 6.04 Å². The summed E-state index contributed by atoms with van der Waals surface area (Å²) in [5.41, 5.74) is 1.99. The molecule has 0 aromatic heterocycles. The fraction of sp³-hybridized carbons (Fsp3) is 0.571. The minimum absolute atomic E-state index is 0.336. The molecule has 0 saturated carbocycles. The Hall–Kier alpha value is -0.860. The third-order valence-electron chi connectivity index (χ3n) is 2.76. The molecule has 90 valence electrons. The molecule has 2 heteroatoms. The van der Waals surface area contributed by atoms with E-state index in [2.05, 4.69) is 43.4 Å². The molecule has 0 aliphatic rings. The van der Waals surface area contributed by atoms with Gasteiger partial charge < -0.3 is 10.4 Å². The van der Waals surface area contributed by atoms with Gasteiger partial charge in [0.05, 0.1) is 5.60 Å². The van der Waals surface area contributed by atoms with Crippen LogP contribution in [0.4, 0.5) is 0 Å². The van der Waals surface area contributed by atoms with Crippen molar-refractivity contribution in [2.75, 3.05) is 6.54 Å². The van der Waals surface area contributed by atoms with E-state index in [-0.39, 0.29) is 0 Å². The van der Waals surface area contributed by atoms with Crippen molar-refractivity contribution in [1.29, 1.82) is 0 Å². The van der Waals surface area contributed by atoms with E-state index in [1.807, 2.05) is 13.8 Å². The summed E-state index contributed by atoms with van der Waals surface area (Å²) in [7, 11) is 0. The maximum Gasteiger partial charge on any atom is 0.0603 e. The minimum atomic E-state index is -0.583. The van der Waals surface area contributed by atoms with Gasteiger partial charge in [0.25, 0.3) is 0 Å². The molecule has 2 nitrogen and oxygen atoms in total. The number of hydrogen-bond acceptors (Lipinski definition) is 2. The highest BCUT2D eigenvalue weighted by Gasteiger charge is 2.12. The lowest BCUT2D eigenvalue weighted by atomic mass is 10.0. The Labute approximate surface area is 98.7 Å². The third kappa shape index (κ3) is 4.77. The molecule has 0 heterocycles. The lowest BCUT2D eigenvalue weighted by Gasteiger charge is -2.20. The summed E-state index contributed by atoms with van der Waals surface area (Å²) >= 11 is 0. The molecule has 1 aromatic carbocycles. The SMILES string of the molecule is Cc1ccc([C@@H](C)NCCC(C)(C)O)cc1. The maximum absolute atomic E-state index is 9.60. The summed E-state index contributed by atoms with van der Waals surface area (Å²) in [6.45, 7) is 8.75. The van der Waals surface area contributed by atoms with Crippen LogP contribution in [0.2, 0.25) is 0 Å². The standard InChI is InChI=1S/C14H23NO/c1-11-5-7-13(8-6-11)12(2)15-10-9-14(3,4)16/h5-8,12,15-16H,9-10H2,1-4H3/t12-/m1/s1. The molecule has 0 aliphatic carbocycles. The van der Waals surface area contributed by atoms with Gasteiger partial charge in [-0.05, 0) is 46.2 Å². The quantitative estimate of drug-likeness (QED) is 0.801. The molecule has 0 spiro atoms. The van der Waals surface area contributed by atoms with Crippen LogP contribution in [0.1, 0.15) is 44.4 Å². The zero-order valence-corrected chi connectivity index (χ0v) is 10.7. The summed E-state index contributed by atoms with van der Waals surface area (Å²) in [4.78, 5) is 0. The summed E-state index contributed by atoms with van der Waals surface area (Å²) in [6.07, 6.45) is 0.767. The second-order valence-corrected chi connectivity index (χ2v) is 5.15. The first-order chi connectivity index (χ1) is 7.38. The number of nitrogens with one attached hydrogen (secondary N) is 1. The minimum Gasteiger partial charge on any atom is -0.390 e. The van der Waals surface area contributed by atoms with Gasteiger partial charge in [0.2, 0.25) is 0 Å². The fourth-order valence-corrected chi connectivity index (χ4v) is 1.57. The summed E-state index contributed by atoms with van der Waals surface area (Å²) < 4.78 is 0. The van der Waals surface area contributed by atoms with Crippen molar-refractivity contribution < 1.29 is 5.11 Å². The summed E-state index contributed by atoms with van der Waals surface area (Å²) in [5.74, 6) is 0. The first-order valence-corrected chi connectivity index (χ1v) is 5.91. The highest BCUT2D eigenvalue weighted by molar-refractivity contribution is 5.23. The van der Waals surface area contributed by atoms with Gasteiger partial charge in [0.15, 0.2) is 0 Å². The molecule has 0 unspecified atom stereocenters. The summed E-state index contributed by atoms with van der Waals surface area (Å²) in [6, 6.07) is 8.89. The van der Waals surface area contributed by atoms with Crippen molar-refractivity contribution >= 4 is 0 Å². The van der Waals surface area contributed by atoms with Crippen molar-refractivity contribution in [1.82, 2.24) is 5.32 Å². The van der Waals surface area contributed by atoms with Crippen molar-refractivity contribution in [2.24, 2.45) is 0 Å². The van der Waals surface area contributed by atoms with Crippen LogP contribution in [0.15, 0.2) is 24.3 Å². The monoisotopic (exact) mass is 221 g/mol. The first-order valence-electron chi connectivity index (χ1n) is 5.91. The van der Waals surface area contributed by atoms with Gasteiger partial charge in [-0.2, -0.15) is 0 Å². The van der Waals surface area contributed by atoms with E-state index in [1.54, 1.807) is 0 Å². The second kappa shape index (κ2) is 5.46. The Bertz CT molecular complexity index is 311. The maximum atomic E-state index is 9.60. The molecule has 0 aliphatic heterocycles. The van der Waals surface area contributed by atoms with Crippen LogP contribution >= 0.6 is 0 Å². The Kier molecular flexibility index (Phi) is 4.51. The van der Waals surface area contributed by atoms with Crippen LogP contribution in [0.25, 0.3) is 0 Å². The lowest BCUT2D eigenvalue weighted by molar-refractivity contribution is 0.0705. The van der Waals surface area contributed by atoms with Gasteiger partial charge in [-0.15, -0.1) is 0 Å². The Morgan fingerprint density at radius 3 is 2.31 bits per heavy atom. The molecule has 0 amide bonds. The van der Waals surface area contributed by atoms with E-state index in [1.165, 1.54) is 11.1 Å². The molecule has 0 fully saturated rings. The van der Waals surface area contributed by atoms with E-state index in [0.29, 0.717) is 6.04 Å². The highest BCUT2D eigenvalue weighted by atomic mass is 16.3. The van der Waals surface area contributed by atoms with E-state index < -0.39 is 5.60 Å². The van der Waals surface area contributed by atoms with Crippen molar-refractivity contribution in [3.63, 3.8) is 0 Å². The van der Waals surface area contributed by atoms with Gasteiger partial charge >= 0.3 is 0 Å². The first kappa shape index (κ1) is 13.2.